The van der Waals surface area contributed by atoms with E-state index in [1.54, 1.807) is 19.3 Å². The second-order valence-corrected chi connectivity index (χ2v) is 15.9. The molecule has 11 nitrogen and oxygen atoms in total. The van der Waals surface area contributed by atoms with Crippen molar-refractivity contribution in [2.24, 2.45) is 28.8 Å². The van der Waals surface area contributed by atoms with Gasteiger partial charge in [0.05, 0.1) is 18.2 Å². The van der Waals surface area contributed by atoms with E-state index in [-0.39, 0.29) is 62.6 Å². The highest BCUT2D eigenvalue weighted by Crippen LogP contribution is 2.62. The Balaban J connectivity index is 1.40. The number of aliphatic hydroxyl groups is 2. The van der Waals surface area contributed by atoms with Crippen LogP contribution in [0.2, 0.25) is 0 Å². The molecular formula is C44H58N2O9. The first kappa shape index (κ1) is 39.2. The van der Waals surface area contributed by atoms with Crippen molar-refractivity contribution in [2.75, 3.05) is 33.7 Å². The van der Waals surface area contributed by atoms with E-state index in [4.69, 9.17) is 23.8 Å². The third-order valence-electron chi connectivity index (χ3n) is 12.6. The number of allylic oxidation sites excluding steroid dienone is 1. The Kier molecular flexibility index (Phi) is 12.7. The van der Waals surface area contributed by atoms with Crippen LogP contribution in [0.1, 0.15) is 101 Å². The van der Waals surface area contributed by atoms with Crippen LogP contribution in [-0.4, -0.2) is 77.4 Å². The molecule has 5 aliphatic rings. The molecule has 0 spiro atoms. The third kappa shape index (κ3) is 8.11. The summed E-state index contributed by atoms with van der Waals surface area (Å²) >= 11 is 0. The molecule has 2 aliphatic heterocycles. The van der Waals surface area contributed by atoms with Crippen molar-refractivity contribution in [2.45, 2.75) is 108 Å². The van der Waals surface area contributed by atoms with Gasteiger partial charge in [-0.25, -0.2) is 0 Å². The molecule has 55 heavy (non-hydrogen) atoms. The van der Waals surface area contributed by atoms with Gasteiger partial charge in [-0.15, -0.1) is 6.58 Å². The van der Waals surface area contributed by atoms with Gasteiger partial charge in [0.15, 0.2) is 11.5 Å². The summed E-state index contributed by atoms with van der Waals surface area (Å²) in [6.07, 6.45) is 15.0. The molecule has 0 radical (unpaired) electrons. The van der Waals surface area contributed by atoms with Crippen LogP contribution in [0.15, 0.2) is 65.9 Å². The zero-order valence-electron chi connectivity index (χ0n) is 32.2. The van der Waals surface area contributed by atoms with E-state index in [1.165, 1.54) is 12.8 Å². The number of aromatic hydroxyl groups is 1. The van der Waals surface area contributed by atoms with Crippen LogP contribution in [0.5, 0.6) is 23.0 Å². The van der Waals surface area contributed by atoms with Crippen molar-refractivity contribution in [1.29, 1.82) is 0 Å². The van der Waals surface area contributed by atoms with Crippen molar-refractivity contribution in [3.8, 4) is 23.0 Å². The van der Waals surface area contributed by atoms with E-state index in [0.29, 0.717) is 48.8 Å². The lowest BCUT2D eigenvalue weighted by molar-refractivity contribution is -0.258. The maximum Gasteiger partial charge on any atom is 0.239 e. The Hall–Kier alpha value is -4.06. The number of hydrogen-bond acceptors (Lipinski definition) is 10. The maximum absolute atomic E-state index is 14.9. The summed E-state index contributed by atoms with van der Waals surface area (Å²) in [6, 6.07) is 10.5. The average molecular weight is 759 g/mol. The number of rotatable bonds is 18. The van der Waals surface area contributed by atoms with E-state index in [9.17, 15) is 20.1 Å². The standard InChI is InChI=1S/C44H58N2O9/c1-3-22-54-44-40(46(41(50)19-15-29-10-4-5-11-29)27-30-14-17-38-39(23-30)53-28-52-38)26-36(45-51-2)34-24-31(12-6-8-20-47)33(13-7-9-21-48)42(43(34)44)35-25-32(49)16-18-37(35)55-44/h3,14,16-18,23-25,29,31,33,40,42-43,47-49H,1,4-13,15,19-22,26-28H2,2H3. The highest BCUT2D eigenvalue weighted by atomic mass is 16.7. The van der Waals surface area contributed by atoms with E-state index >= 15 is 0 Å². The summed E-state index contributed by atoms with van der Waals surface area (Å²) < 4.78 is 25.7. The first-order valence-corrected chi connectivity index (χ1v) is 20.4. The number of aliphatic hydroxyl groups excluding tert-OH is 2. The zero-order chi connectivity index (χ0) is 38.4. The molecule has 2 fully saturated rings. The van der Waals surface area contributed by atoms with Crippen molar-refractivity contribution in [3.63, 3.8) is 0 Å². The molecule has 3 N–H and O–H groups in total. The minimum Gasteiger partial charge on any atom is -0.508 e. The number of hydrogen-bond donors (Lipinski definition) is 3. The monoisotopic (exact) mass is 758 g/mol. The smallest absolute Gasteiger partial charge is 0.239 e. The van der Waals surface area contributed by atoms with Gasteiger partial charge in [0, 0.05) is 44.1 Å². The van der Waals surface area contributed by atoms with Gasteiger partial charge in [-0.3, -0.25) is 4.79 Å². The van der Waals surface area contributed by atoms with Crippen LogP contribution >= 0.6 is 0 Å². The van der Waals surface area contributed by atoms with Gasteiger partial charge in [-0.2, -0.15) is 0 Å². The van der Waals surface area contributed by atoms with Gasteiger partial charge in [0.2, 0.25) is 18.5 Å². The highest BCUT2D eigenvalue weighted by molar-refractivity contribution is 6.03. The highest BCUT2D eigenvalue weighted by Gasteiger charge is 2.65. The number of amides is 1. The number of ether oxygens (including phenoxy) is 4. The van der Waals surface area contributed by atoms with Crippen LogP contribution in [0.4, 0.5) is 0 Å². The van der Waals surface area contributed by atoms with Gasteiger partial charge in [0.25, 0.3) is 0 Å². The summed E-state index contributed by atoms with van der Waals surface area (Å²) in [5, 5.41) is 35.2. The fourth-order valence-corrected chi connectivity index (χ4v) is 10.1. The number of nitrogens with zero attached hydrogens (tertiary/aromatic N) is 2. The second-order valence-electron chi connectivity index (χ2n) is 15.9. The summed E-state index contributed by atoms with van der Waals surface area (Å²) in [5.41, 5.74) is 3.50. The molecule has 298 valence electrons. The molecule has 2 aromatic carbocycles. The third-order valence-corrected chi connectivity index (χ3v) is 12.6. The summed E-state index contributed by atoms with van der Waals surface area (Å²) in [4.78, 5) is 22.5. The number of unbranched alkanes of at least 4 members (excludes halogenated alkanes) is 2. The molecular weight excluding hydrogens is 700 g/mol. The predicted octanol–water partition coefficient (Wildman–Crippen LogP) is 7.38. The molecule has 0 saturated heterocycles. The molecule has 1 amide bonds. The molecule has 6 unspecified atom stereocenters. The molecule has 6 atom stereocenters. The van der Waals surface area contributed by atoms with Gasteiger partial charge in [-0.1, -0.05) is 61.9 Å². The Morgan fingerprint density at radius 2 is 1.76 bits per heavy atom. The maximum atomic E-state index is 14.9. The summed E-state index contributed by atoms with van der Waals surface area (Å²) in [5.74, 6) is 0.868. The van der Waals surface area contributed by atoms with Gasteiger partial charge in [0.1, 0.15) is 24.7 Å². The van der Waals surface area contributed by atoms with Crippen molar-refractivity contribution < 1.29 is 43.9 Å². The fourth-order valence-electron chi connectivity index (χ4n) is 10.1. The summed E-state index contributed by atoms with van der Waals surface area (Å²) in [6.45, 7) is 4.88. The SMILES string of the molecule is C=CCOC12Oc3ccc(O)cc3C3C(CCCCO)C(CCCCO)C=C(C(=NOC)CC1N(Cc1ccc4c(c1)OCO4)C(=O)CCC1CCCC1)C32. The van der Waals surface area contributed by atoms with Crippen LogP contribution in [0.3, 0.4) is 0 Å². The van der Waals surface area contributed by atoms with E-state index in [1.807, 2.05) is 35.2 Å². The topological polar surface area (TPSA) is 140 Å². The number of carbonyl (C=O) groups excluding carboxylic acids is 1. The number of phenolic OH excluding ortho intramolecular Hbond substituents is 1. The molecule has 2 aromatic rings. The molecule has 11 heteroatoms. The molecule has 2 heterocycles. The number of fused-ring (bicyclic) bond motifs is 3. The van der Waals surface area contributed by atoms with Gasteiger partial charge < -0.3 is 44.0 Å². The Morgan fingerprint density at radius 1 is 1.00 bits per heavy atom. The molecule has 0 aromatic heterocycles. The van der Waals surface area contributed by atoms with Crippen molar-refractivity contribution in [3.05, 3.63) is 71.8 Å². The first-order valence-electron chi connectivity index (χ1n) is 20.4. The lowest BCUT2D eigenvalue weighted by atomic mass is 9.55. The molecule has 0 bridgehead atoms. The Labute approximate surface area is 324 Å². The van der Waals surface area contributed by atoms with Crippen LogP contribution in [0.25, 0.3) is 0 Å². The fraction of sp³-hybridized carbons (Fsp3) is 0.591. The van der Waals surface area contributed by atoms with Gasteiger partial charge >= 0.3 is 0 Å². The number of oxime groups is 1. The lowest BCUT2D eigenvalue weighted by Gasteiger charge is -2.60. The Morgan fingerprint density at radius 3 is 2.53 bits per heavy atom. The largest absolute Gasteiger partial charge is 0.508 e. The van der Waals surface area contributed by atoms with Gasteiger partial charge in [-0.05, 0) is 91.3 Å². The van der Waals surface area contributed by atoms with Crippen LogP contribution < -0.4 is 14.2 Å². The Bertz CT molecular complexity index is 1720. The van der Waals surface area contributed by atoms with Crippen molar-refractivity contribution >= 4 is 11.6 Å². The molecule has 3 aliphatic carbocycles. The average Bonchev–Trinajstić information content (AvgIpc) is 3.90. The predicted molar refractivity (Wildman–Crippen MR) is 208 cm³/mol. The van der Waals surface area contributed by atoms with Crippen LogP contribution in [-0.2, 0) is 20.9 Å². The number of phenols is 1. The van der Waals surface area contributed by atoms with E-state index in [2.05, 4.69) is 17.8 Å². The van der Waals surface area contributed by atoms with Crippen LogP contribution in [0, 0.1) is 23.7 Å². The number of benzene rings is 2. The second kappa shape index (κ2) is 17.8. The minimum absolute atomic E-state index is 0.0224. The normalized spacial score (nSPS) is 27.2. The quantitative estimate of drug-likeness (QED) is 0.0807. The lowest BCUT2D eigenvalue weighted by Crippen LogP contribution is -2.70. The zero-order valence-corrected chi connectivity index (χ0v) is 32.2. The summed E-state index contributed by atoms with van der Waals surface area (Å²) in [7, 11) is 1.55. The minimum atomic E-state index is -1.36. The van der Waals surface area contributed by atoms with E-state index in [0.717, 1.165) is 67.4 Å². The first-order chi connectivity index (χ1) is 26.9. The van der Waals surface area contributed by atoms with Crippen molar-refractivity contribution in [1.82, 2.24) is 4.90 Å². The number of carbonyl (C=O) groups is 1. The molecule has 7 rings (SSSR count). The molecule has 2 saturated carbocycles. The van der Waals surface area contributed by atoms with E-state index < -0.39 is 17.7 Å².